The highest BCUT2D eigenvalue weighted by atomic mass is 32.1. The highest BCUT2D eigenvalue weighted by Gasteiger charge is 2.21. The Kier molecular flexibility index (Phi) is 7.18. The first-order chi connectivity index (χ1) is 26.8. The normalized spacial score (nSPS) is 11.7. The molecule has 0 saturated carbocycles. The van der Waals surface area contributed by atoms with Crippen LogP contribution in [0.4, 0.5) is 0 Å². The summed E-state index contributed by atoms with van der Waals surface area (Å²) in [4.78, 5) is 20.7. The SMILES string of the molecule is c1ccc(-c2nc(-c3ccccc3)nc(-c3cccc(-c4nc5c(-c6cccc7c6sc6ccccc67)cccc5c5sc6ccccc6c45)c3)n2)cc1. The average Bonchev–Trinajstić information content (AvgIpc) is 3.83. The summed E-state index contributed by atoms with van der Waals surface area (Å²) >= 11 is 3.69. The van der Waals surface area contributed by atoms with Crippen LogP contribution >= 0.6 is 22.7 Å². The molecule has 11 aromatic rings. The van der Waals surface area contributed by atoms with Gasteiger partial charge in [0, 0.05) is 79.1 Å². The third-order valence-electron chi connectivity index (χ3n) is 10.1. The molecular weight excluding hydrogens is 697 g/mol. The number of hydrogen-bond acceptors (Lipinski definition) is 6. The van der Waals surface area contributed by atoms with Crippen molar-refractivity contribution in [1.29, 1.82) is 0 Å². The lowest BCUT2D eigenvalue weighted by atomic mass is 9.96. The molecule has 6 heteroatoms. The predicted molar refractivity (Wildman–Crippen MR) is 228 cm³/mol. The lowest BCUT2D eigenvalue weighted by Gasteiger charge is -2.13. The van der Waals surface area contributed by atoms with Gasteiger partial charge in [-0.2, -0.15) is 0 Å². The zero-order chi connectivity index (χ0) is 35.6. The van der Waals surface area contributed by atoms with Gasteiger partial charge in [0.15, 0.2) is 17.5 Å². The van der Waals surface area contributed by atoms with Crippen LogP contribution in [0.25, 0.3) is 108 Å². The lowest BCUT2D eigenvalue weighted by Crippen LogP contribution is -2.00. The lowest BCUT2D eigenvalue weighted by molar-refractivity contribution is 1.07. The minimum atomic E-state index is 0.619. The zero-order valence-corrected chi connectivity index (χ0v) is 30.4. The van der Waals surface area contributed by atoms with Crippen LogP contribution in [-0.2, 0) is 0 Å². The van der Waals surface area contributed by atoms with Gasteiger partial charge in [-0.15, -0.1) is 22.7 Å². The molecule has 4 nitrogen and oxygen atoms in total. The van der Waals surface area contributed by atoms with Crippen molar-refractivity contribution in [2.24, 2.45) is 0 Å². The number of benzene rings is 7. The van der Waals surface area contributed by atoms with Crippen LogP contribution in [0.3, 0.4) is 0 Å². The van der Waals surface area contributed by atoms with Crippen LogP contribution in [0.1, 0.15) is 0 Å². The monoisotopic (exact) mass is 724 g/mol. The minimum absolute atomic E-state index is 0.619. The van der Waals surface area contributed by atoms with Crippen molar-refractivity contribution in [3.05, 3.63) is 170 Å². The number of hydrogen-bond donors (Lipinski definition) is 0. The van der Waals surface area contributed by atoms with E-state index < -0.39 is 0 Å². The second kappa shape index (κ2) is 12.5. The number of fused-ring (bicyclic) bond motifs is 8. The van der Waals surface area contributed by atoms with E-state index in [1.165, 1.54) is 51.3 Å². The van der Waals surface area contributed by atoms with Crippen molar-refractivity contribution in [1.82, 2.24) is 19.9 Å². The predicted octanol–water partition coefficient (Wildman–Crippen LogP) is 13.5. The Labute approximate surface area is 318 Å². The second-order valence-corrected chi connectivity index (χ2v) is 15.5. The summed E-state index contributed by atoms with van der Waals surface area (Å²) in [6, 6.07) is 59.4. The smallest absolute Gasteiger partial charge is 0.164 e. The molecule has 0 amide bonds. The first-order valence-electron chi connectivity index (χ1n) is 17.9. The summed E-state index contributed by atoms with van der Waals surface area (Å²) in [6.07, 6.45) is 0. The fourth-order valence-electron chi connectivity index (χ4n) is 7.61. The van der Waals surface area contributed by atoms with E-state index in [0.717, 1.165) is 39.0 Å². The highest BCUT2D eigenvalue weighted by molar-refractivity contribution is 7.27. The van der Waals surface area contributed by atoms with Crippen LogP contribution in [0.2, 0.25) is 0 Å². The van der Waals surface area contributed by atoms with Crippen molar-refractivity contribution >= 4 is 73.9 Å². The number of pyridine rings is 1. The first kappa shape index (κ1) is 31.0. The molecule has 11 rings (SSSR count). The molecule has 0 aliphatic carbocycles. The van der Waals surface area contributed by atoms with E-state index in [4.69, 9.17) is 19.9 Å². The Bertz CT molecular complexity index is 3160. The van der Waals surface area contributed by atoms with Crippen molar-refractivity contribution in [2.45, 2.75) is 0 Å². The summed E-state index contributed by atoms with van der Waals surface area (Å²) in [6.45, 7) is 0. The zero-order valence-electron chi connectivity index (χ0n) is 28.8. The van der Waals surface area contributed by atoms with Crippen LogP contribution < -0.4 is 0 Å². The number of thiophene rings is 2. The van der Waals surface area contributed by atoms with Crippen LogP contribution in [0, 0.1) is 0 Å². The largest absolute Gasteiger partial charge is 0.246 e. The Balaban J connectivity index is 1.16. The molecule has 0 atom stereocenters. The Morgan fingerprint density at radius 1 is 0.333 bits per heavy atom. The molecule has 0 saturated heterocycles. The molecule has 0 spiro atoms. The molecule has 0 aliphatic rings. The molecular formula is C48H28N4S2. The molecule has 0 bridgehead atoms. The Hall–Kier alpha value is -6.60. The standard InChI is InChI=1S/C48H28N4S2/c1-3-14-29(15-4-1)46-50-47(30-16-5-2-6-17-30)52-48(51-46)32-19-11-18-31(28-32)42-41-37-21-8-10-27-40(37)54-45(41)38-25-12-22-34(43(38)49-42)36-24-13-23-35-33-20-7-9-26-39(33)53-44(35)36/h1-28H. The van der Waals surface area contributed by atoms with Crippen LogP contribution in [0.5, 0.6) is 0 Å². The fraction of sp³-hybridized carbons (Fsp3) is 0. The fourth-order valence-corrected chi connectivity index (χ4v) is 10.1. The molecule has 0 N–H and O–H groups in total. The quantitative estimate of drug-likeness (QED) is 0.177. The van der Waals surface area contributed by atoms with E-state index in [0.29, 0.717) is 17.5 Å². The van der Waals surface area contributed by atoms with E-state index in [9.17, 15) is 0 Å². The Morgan fingerprint density at radius 2 is 0.833 bits per heavy atom. The summed E-state index contributed by atoms with van der Waals surface area (Å²) < 4.78 is 5.06. The highest BCUT2D eigenvalue weighted by Crippen LogP contribution is 2.47. The maximum atomic E-state index is 5.66. The number of rotatable bonds is 5. The van der Waals surface area contributed by atoms with E-state index in [1.807, 2.05) is 83.3 Å². The minimum Gasteiger partial charge on any atom is -0.246 e. The van der Waals surface area contributed by atoms with E-state index in [2.05, 4.69) is 109 Å². The van der Waals surface area contributed by atoms with Crippen molar-refractivity contribution in [3.8, 4) is 56.5 Å². The molecule has 4 aromatic heterocycles. The molecule has 0 fully saturated rings. The molecule has 7 aromatic carbocycles. The second-order valence-electron chi connectivity index (χ2n) is 13.4. The maximum absolute atomic E-state index is 5.66. The van der Waals surface area contributed by atoms with Crippen molar-refractivity contribution < 1.29 is 0 Å². The Morgan fingerprint density at radius 3 is 1.56 bits per heavy atom. The van der Waals surface area contributed by atoms with Crippen LogP contribution in [0.15, 0.2) is 170 Å². The third-order valence-corrected chi connectivity index (χ3v) is 12.5. The summed E-state index contributed by atoms with van der Waals surface area (Å²) in [5.41, 5.74) is 8.10. The number of para-hydroxylation sites is 1. The first-order valence-corrected chi connectivity index (χ1v) is 19.5. The summed E-state index contributed by atoms with van der Waals surface area (Å²) in [5.74, 6) is 1.90. The maximum Gasteiger partial charge on any atom is 0.164 e. The van der Waals surface area contributed by atoms with Gasteiger partial charge in [0.2, 0.25) is 0 Å². The van der Waals surface area contributed by atoms with Gasteiger partial charge in [-0.3, -0.25) is 0 Å². The molecule has 0 radical (unpaired) electrons. The van der Waals surface area contributed by atoms with Gasteiger partial charge in [-0.1, -0.05) is 152 Å². The molecule has 0 unspecified atom stereocenters. The van der Waals surface area contributed by atoms with Gasteiger partial charge < -0.3 is 0 Å². The van der Waals surface area contributed by atoms with Crippen molar-refractivity contribution in [2.75, 3.05) is 0 Å². The molecule has 4 heterocycles. The molecule has 0 aliphatic heterocycles. The number of nitrogens with zero attached hydrogens (tertiary/aromatic N) is 4. The van der Waals surface area contributed by atoms with E-state index in [-0.39, 0.29) is 0 Å². The van der Waals surface area contributed by atoms with E-state index in [1.54, 1.807) is 0 Å². The molecule has 252 valence electrons. The van der Waals surface area contributed by atoms with Crippen molar-refractivity contribution in [3.63, 3.8) is 0 Å². The topological polar surface area (TPSA) is 51.6 Å². The van der Waals surface area contributed by atoms with Gasteiger partial charge in [0.05, 0.1) is 11.2 Å². The number of aromatic nitrogens is 4. The van der Waals surface area contributed by atoms with Crippen LogP contribution in [-0.4, -0.2) is 19.9 Å². The summed E-state index contributed by atoms with van der Waals surface area (Å²) in [7, 11) is 0. The van der Waals surface area contributed by atoms with Gasteiger partial charge in [0.25, 0.3) is 0 Å². The van der Waals surface area contributed by atoms with Gasteiger partial charge in [-0.25, -0.2) is 19.9 Å². The van der Waals surface area contributed by atoms with Gasteiger partial charge in [0.1, 0.15) is 0 Å². The average molecular weight is 725 g/mol. The molecule has 54 heavy (non-hydrogen) atoms. The van der Waals surface area contributed by atoms with Gasteiger partial charge in [-0.05, 0) is 18.2 Å². The third kappa shape index (κ3) is 5.03. The van der Waals surface area contributed by atoms with Gasteiger partial charge >= 0.3 is 0 Å². The van der Waals surface area contributed by atoms with E-state index >= 15 is 0 Å². The summed E-state index contributed by atoms with van der Waals surface area (Å²) in [5, 5.41) is 6.12.